The Kier molecular flexibility index (Phi) is 6.45. The highest BCUT2D eigenvalue weighted by Crippen LogP contribution is 2.42. The minimum atomic E-state index is -0.691. The third kappa shape index (κ3) is 4.37. The summed E-state index contributed by atoms with van der Waals surface area (Å²) in [5.74, 6) is -0.738. The molecule has 0 saturated carbocycles. The number of benzene rings is 3. The van der Waals surface area contributed by atoms with Crippen LogP contribution < -0.4 is 11.1 Å². The van der Waals surface area contributed by atoms with Crippen LogP contribution >= 0.6 is 0 Å². The molecule has 0 aliphatic heterocycles. The molecule has 4 nitrogen and oxygen atoms in total. The second-order valence-corrected chi connectivity index (χ2v) is 7.11. The molecule has 148 valence electrons. The summed E-state index contributed by atoms with van der Waals surface area (Å²) in [7, 11) is 0. The largest absolute Gasteiger partial charge is 0.368 e. The van der Waals surface area contributed by atoms with Gasteiger partial charge in [0.1, 0.15) is 6.04 Å². The number of carbonyl (C=O) groups is 2. The Morgan fingerprint density at radius 2 is 1.17 bits per heavy atom. The van der Waals surface area contributed by atoms with Crippen LogP contribution in [0.2, 0.25) is 0 Å². The van der Waals surface area contributed by atoms with E-state index in [9.17, 15) is 9.59 Å². The van der Waals surface area contributed by atoms with Crippen LogP contribution in [0.1, 0.15) is 36.5 Å². The Bertz CT molecular complexity index is 844. The number of carbonyl (C=O) groups excluding carboxylic acids is 2. The Balaban J connectivity index is 2.15. The topological polar surface area (TPSA) is 72.2 Å². The van der Waals surface area contributed by atoms with Crippen molar-refractivity contribution in [1.29, 1.82) is 0 Å². The summed E-state index contributed by atoms with van der Waals surface area (Å²) in [6.45, 7) is 1.83. The Labute approximate surface area is 171 Å². The molecular weight excluding hydrogens is 360 g/mol. The van der Waals surface area contributed by atoms with Gasteiger partial charge in [-0.2, -0.15) is 0 Å². The highest BCUT2D eigenvalue weighted by Gasteiger charge is 2.38. The third-order valence-electron chi connectivity index (χ3n) is 5.31. The zero-order chi connectivity index (χ0) is 20.7. The van der Waals surface area contributed by atoms with Gasteiger partial charge in [0, 0.05) is 6.42 Å². The SMILES string of the molecule is CC[C@@H](NC(=O)CC(c1ccccc1)(c1ccccc1)c1ccccc1)C(N)=O. The van der Waals surface area contributed by atoms with Crippen LogP contribution in [0.3, 0.4) is 0 Å². The predicted octanol–water partition coefficient (Wildman–Crippen LogP) is 3.79. The van der Waals surface area contributed by atoms with Crippen molar-refractivity contribution in [2.45, 2.75) is 31.2 Å². The average molecular weight is 386 g/mol. The van der Waals surface area contributed by atoms with E-state index >= 15 is 0 Å². The van der Waals surface area contributed by atoms with Gasteiger partial charge in [-0.25, -0.2) is 0 Å². The lowest BCUT2D eigenvalue weighted by molar-refractivity contribution is -0.127. The molecule has 3 N–H and O–H groups in total. The number of rotatable bonds is 8. The van der Waals surface area contributed by atoms with Gasteiger partial charge in [-0.05, 0) is 23.1 Å². The molecule has 1 atom stereocenters. The van der Waals surface area contributed by atoms with Crippen molar-refractivity contribution in [3.8, 4) is 0 Å². The molecule has 3 aromatic rings. The van der Waals surface area contributed by atoms with Crippen molar-refractivity contribution in [2.24, 2.45) is 5.73 Å². The lowest BCUT2D eigenvalue weighted by Gasteiger charge is -2.36. The van der Waals surface area contributed by atoms with Crippen LogP contribution in [0.25, 0.3) is 0 Å². The minimum Gasteiger partial charge on any atom is -0.368 e. The van der Waals surface area contributed by atoms with Crippen LogP contribution in [0.5, 0.6) is 0 Å². The maximum Gasteiger partial charge on any atom is 0.239 e. The maximum absolute atomic E-state index is 13.1. The minimum absolute atomic E-state index is 0.162. The van der Waals surface area contributed by atoms with Gasteiger partial charge in [0.05, 0.1) is 5.41 Å². The van der Waals surface area contributed by atoms with Crippen molar-refractivity contribution < 1.29 is 9.59 Å². The zero-order valence-electron chi connectivity index (χ0n) is 16.5. The summed E-state index contributed by atoms with van der Waals surface area (Å²) >= 11 is 0. The number of nitrogens with two attached hydrogens (primary N) is 1. The molecule has 4 heteroatoms. The zero-order valence-corrected chi connectivity index (χ0v) is 16.5. The molecule has 0 fully saturated rings. The number of hydrogen-bond acceptors (Lipinski definition) is 2. The molecule has 0 aromatic heterocycles. The highest BCUT2D eigenvalue weighted by molar-refractivity contribution is 5.87. The van der Waals surface area contributed by atoms with Crippen LogP contribution in [-0.2, 0) is 15.0 Å². The van der Waals surface area contributed by atoms with E-state index in [0.717, 1.165) is 16.7 Å². The first-order chi connectivity index (χ1) is 14.1. The molecule has 0 saturated heterocycles. The fourth-order valence-corrected chi connectivity index (χ4v) is 3.83. The fraction of sp³-hybridized carbons (Fsp3) is 0.200. The van der Waals surface area contributed by atoms with Gasteiger partial charge in [0.2, 0.25) is 11.8 Å². The van der Waals surface area contributed by atoms with Gasteiger partial charge in [0.15, 0.2) is 0 Å². The number of nitrogens with one attached hydrogen (secondary N) is 1. The highest BCUT2D eigenvalue weighted by atomic mass is 16.2. The molecule has 0 spiro atoms. The third-order valence-corrected chi connectivity index (χ3v) is 5.31. The number of hydrogen-bond donors (Lipinski definition) is 2. The summed E-state index contributed by atoms with van der Waals surface area (Å²) < 4.78 is 0. The van der Waals surface area contributed by atoms with Crippen molar-refractivity contribution >= 4 is 11.8 Å². The first kappa shape index (κ1) is 20.3. The van der Waals surface area contributed by atoms with Crippen molar-refractivity contribution in [2.75, 3.05) is 0 Å². The average Bonchev–Trinajstić information content (AvgIpc) is 2.77. The van der Waals surface area contributed by atoms with E-state index in [1.54, 1.807) is 0 Å². The van der Waals surface area contributed by atoms with Crippen LogP contribution in [0.4, 0.5) is 0 Å². The van der Waals surface area contributed by atoms with Crippen LogP contribution in [-0.4, -0.2) is 17.9 Å². The molecule has 0 aliphatic rings. The second kappa shape index (κ2) is 9.20. The van der Waals surface area contributed by atoms with Crippen molar-refractivity contribution in [1.82, 2.24) is 5.32 Å². The fourth-order valence-electron chi connectivity index (χ4n) is 3.83. The Morgan fingerprint density at radius 3 is 1.48 bits per heavy atom. The van der Waals surface area contributed by atoms with E-state index in [-0.39, 0.29) is 12.3 Å². The van der Waals surface area contributed by atoms with Gasteiger partial charge in [0.25, 0.3) is 0 Å². The lowest BCUT2D eigenvalue weighted by atomic mass is 9.67. The monoisotopic (exact) mass is 386 g/mol. The normalized spacial score (nSPS) is 12.2. The lowest BCUT2D eigenvalue weighted by Crippen LogP contribution is -2.46. The van der Waals surface area contributed by atoms with Crippen LogP contribution in [0, 0.1) is 0 Å². The summed E-state index contributed by atoms with van der Waals surface area (Å²) in [6, 6.07) is 29.3. The van der Waals surface area contributed by atoms with Gasteiger partial charge in [-0.15, -0.1) is 0 Å². The van der Waals surface area contributed by atoms with Gasteiger partial charge in [-0.1, -0.05) is 97.9 Å². The quantitative estimate of drug-likeness (QED) is 0.578. The molecule has 29 heavy (non-hydrogen) atoms. The van der Waals surface area contributed by atoms with E-state index < -0.39 is 17.4 Å². The van der Waals surface area contributed by atoms with E-state index in [0.29, 0.717) is 6.42 Å². The molecule has 0 unspecified atom stereocenters. The molecule has 3 rings (SSSR count). The summed E-state index contributed by atoms with van der Waals surface area (Å²) in [6.07, 6.45) is 0.616. The van der Waals surface area contributed by atoms with Gasteiger partial charge >= 0.3 is 0 Å². The van der Waals surface area contributed by atoms with Gasteiger partial charge in [-0.3, -0.25) is 9.59 Å². The predicted molar refractivity (Wildman–Crippen MR) is 115 cm³/mol. The number of amides is 2. The molecule has 2 amide bonds. The molecule has 0 radical (unpaired) electrons. The maximum atomic E-state index is 13.1. The van der Waals surface area contributed by atoms with Crippen LogP contribution in [0.15, 0.2) is 91.0 Å². The molecule has 0 heterocycles. The van der Waals surface area contributed by atoms with E-state index in [1.807, 2.05) is 97.9 Å². The standard InChI is InChI=1S/C25H26N2O2/c1-2-22(24(26)29)27-23(28)18-25(19-12-6-3-7-13-19,20-14-8-4-9-15-20)21-16-10-5-11-17-21/h3-17,22H,2,18H2,1H3,(H2,26,29)(H,27,28)/t22-/m1/s1. The van der Waals surface area contributed by atoms with E-state index in [1.165, 1.54) is 0 Å². The first-order valence-electron chi connectivity index (χ1n) is 9.83. The van der Waals surface area contributed by atoms with Crippen molar-refractivity contribution in [3.05, 3.63) is 108 Å². The molecule has 0 bridgehead atoms. The molecule has 3 aromatic carbocycles. The molecular formula is C25H26N2O2. The Hall–Kier alpha value is -3.40. The first-order valence-corrected chi connectivity index (χ1v) is 9.83. The Morgan fingerprint density at radius 1 is 0.793 bits per heavy atom. The molecule has 0 aliphatic carbocycles. The second-order valence-electron chi connectivity index (χ2n) is 7.11. The van der Waals surface area contributed by atoms with E-state index in [2.05, 4.69) is 5.32 Å². The van der Waals surface area contributed by atoms with Gasteiger partial charge < -0.3 is 11.1 Å². The summed E-state index contributed by atoms with van der Waals surface area (Å²) in [5.41, 5.74) is 7.79. The number of primary amides is 1. The van der Waals surface area contributed by atoms with Crippen molar-refractivity contribution in [3.63, 3.8) is 0 Å². The summed E-state index contributed by atoms with van der Waals surface area (Å²) in [4.78, 5) is 24.8. The summed E-state index contributed by atoms with van der Waals surface area (Å²) in [5, 5.41) is 2.82. The smallest absolute Gasteiger partial charge is 0.239 e. The van der Waals surface area contributed by atoms with E-state index in [4.69, 9.17) is 5.73 Å².